The fourth-order valence-corrected chi connectivity index (χ4v) is 4.74. The molecule has 2 N–H and O–H groups in total. The van der Waals surface area contributed by atoms with Crippen molar-refractivity contribution in [3.05, 3.63) is 59.7 Å². The summed E-state index contributed by atoms with van der Waals surface area (Å²) >= 11 is 0. The lowest BCUT2D eigenvalue weighted by Gasteiger charge is -2.34. The van der Waals surface area contributed by atoms with E-state index in [9.17, 15) is 32.7 Å². The van der Waals surface area contributed by atoms with Crippen LogP contribution in [-0.2, 0) is 14.3 Å². The Hall–Kier alpha value is -3.56. The van der Waals surface area contributed by atoms with Gasteiger partial charge in [-0.2, -0.15) is 13.2 Å². The SMILES string of the molecule is C[C@@]1(C(=O)O)CCCN1C(=O)C(NC(=O)OCC1c2ccccc2-c2ccccc21)C(F)(F)F. The Morgan fingerprint density at radius 1 is 1.12 bits per heavy atom. The van der Waals surface area contributed by atoms with E-state index in [4.69, 9.17) is 4.74 Å². The first-order chi connectivity index (χ1) is 16.0. The molecule has 1 fully saturated rings. The van der Waals surface area contributed by atoms with Crippen LogP contribution in [0.3, 0.4) is 0 Å². The zero-order chi connectivity index (χ0) is 24.7. The maximum Gasteiger partial charge on any atom is 0.417 e. The monoisotopic (exact) mass is 476 g/mol. The Bertz CT molecular complexity index is 1090. The lowest BCUT2D eigenvalue weighted by Crippen LogP contribution is -2.61. The molecule has 10 heteroatoms. The first kappa shape index (κ1) is 23.6. The summed E-state index contributed by atoms with van der Waals surface area (Å²) in [7, 11) is 0. The second-order valence-electron chi connectivity index (χ2n) is 8.62. The number of hydrogen-bond acceptors (Lipinski definition) is 4. The molecule has 2 aliphatic rings. The van der Waals surface area contributed by atoms with Crippen molar-refractivity contribution in [3.8, 4) is 11.1 Å². The average Bonchev–Trinajstić information content (AvgIpc) is 3.34. The van der Waals surface area contributed by atoms with E-state index in [1.165, 1.54) is 6.92 Å². The highest BCUT2D eigenvalue weighted by Gasteiger charge is 2.54. The van der Waals surface area contributed by atoms with E-state index < -0.39 is 35.7 Å². The Kier molecular flexibility index (Phi) is 6.01. The van der Waals surface area contributed by atoms with Crippen molar-refractivity contribution in [1.29, 1.82) is 0 Å². The highest BCUT2D eigenvalue weighted by atomic mass is 19.4. The van der Waals surface area contributed by atoms with Gasteiger partial charge in [0.1, 0.15) is 12.1 Å². The molecule has 2 amide bonds. The standard InChI is InChI=1S/C24H23F3N2O5/c1-23(21(31)32)11-6-12-29(23)20(30)19(24(25,26)27)28-22(33)34-13-18-16-9-4-2-7-14(16)15-8-3-5-10-17(15)18/h2-5,7-10,18-19H,6,11-13H2,1H3,(H,28,33)(H,31,32)/t19?,23-/m0/s1. The van der Waals surface area contributed by atoms with Crippen LogP contribution in [0.4, 0.5) is 18.0 Å². The predicted octanol–water partition coefficient (Wildman–Crippen LogP) is 3.92. The Labute approximate surface area is 193 Å². The van der Waals surface area contributed by atoms with Crippen LogP contribution in [0.25, 0.3) is 11.1 Å². The number of nitrogens with zero attached hydrogens (tertiary/aromatic N) is 1. The van der Waals surface area contributed by atoms with Crippen molar-refractivity contribution in [2.24, 2.45) is 0 Å². The lowest BCUT2D eigenvalue weighted by molar-refractivity contribution is -0.180. The molecule has 2 aromatic carbocycles. The predicted molar refractivity (Wildman–Crippen MR) is 115 cm³/mol. The van der Waals surface area contributed by atoms with Gasteiger partial charge in [-0.25, -0.2) is 9.59 Å². The number of carboxylic acid groups (broad SMARTS) is 1. The number of ether oxygens (including phenoxy) is 1. The largest absolute Gasteiger partial charge is 0.480 e. The Morgan fingerprint density at radius 2 is 1.68 bits per heavy atom. The van der Waals surface area contributed by atoms with Crippen LogP contribution in [0.1, 0.15) is 36.8 Å². The van der Waals surface area contributed by atoms with Crippen molar-refractivity contribution in [3.63, 3.8) is 0 Å². The van der Waals surface area contributed by atoms with Gasteiger partial charge >= 0.3 is 18.2 Å². The van der Waals surface area contributed by atoms with E-state index in [2.05, 4.69) is 0 Å². The molecule has 34 heavy (non-hydrogen) atoms. The highest BCUT2D eigenvalue weighted by molar-refractivity contribution is 5.92. The van der Waals surface area contributed by atoms with Crippen LogP contribution < -0.4 is 5.32 Å². The number of carboxylic acids is 1. The molecule has 0 bridgehead atoms. The number of nitrogens with one attached hydrogen (secondary N) is 1. The third-order valence-electron chi connectivity index (χ3n) is 6.55. The van der Waals surface area contributed by atoms with Crippen LogP contribution in [-0.4, -0.2) is 58.9 Å². The molecule has 4 rings (SSSR count). The van der Waals surface area contributed by atoms with E-state index in [-0.39, 0.29) is 31.9 Å². The zero-order valence-corrected chi connectivity index (χ0v) is 18.3. The van der Waals surface area contributed by atoms with E-state index in [0.29, 0.717) is 4.90 Å². The maximum absolute atomic E-state index is 13.7. The second kappa shape index (κ2) is 8.66. The number of likely N-dealkylation sites (tertiary alicyclic amines) is 1. The molecule has 1 saturated heterocycles. The van der Waals surface area contributed by atoms with Gasteiger partial charge in [0.25, 0.3) is 5.91 Å². The maximum atomic E-state index is 13.7. The lowest BCUT2D eigenvalue weighted by atomic mass is 9.98. The molecule has 0 aromatic heterocycles. The molecule has 0 spiro atoms. The molecule has 1 aliphatic carbocycles. The van der Waals surface area contributed by atoms with Crippen molar-refractivity contribution in [2.75, 3.05) is 13.2 Å². The van der Waals surface area contributed by atoms with Crippen molar-refractivity contribution < 1.29 is 37.4 Å². The number of aliphatic carboxylic acids is 1. The molecule has 2 atom stereocenters. The molecule has 2 aromatic rings. The number of fused-ring (bicyclic) bond motifs is 3. The summed E-state index contributed by atoms with van der Waals surface area (Å²) in [5.41, 5.74) is 1.90. The van der Waals surface area contributed by atoms with Gasteiger partial charge in [0.15, 0.2) is 0 Å². The fraction of sp³-hybridized carbons (Fsp3) is 0.375. The zero-order valence-electron chi connectivity index (χ0n) is 18.3. The van der Waals surface area contributed by atoms with Gasteiger partial charge in [-0.15, -0.1) is 0 Å². The van der Waals surface area contributed by atoms with E-state index in [1.807, 2.05) is 48.5 Å². The highest BCUT2D eigenvalue weighted by Crippen LogP contribution is 2.44. The molecule has 180 valence electrons. The minimum absolute atomic E-state index is 0.0175. The third kappa shape index (κ3) is 4.08. The molecular weight excluding hydrogens is 453 g/mol. The van der Waals surface area contributed by atoms with E-state index in [1.54, 1.807) is 5.32 Å². The van der Waals surface area contributed by atoms with Gasteiger partial charge in [-0.3, -0.25) is 4.79 Å². The Balaban J connectivity index is 1.49. The summed E-state index contributed by atoms with van der Waals surface area (Å²) in [6.07, 6.45) is -6.29. The average molecular weight is 476 g/mol. The summed E-state index contributed by atoms with van der Waals surface area (Å²) in [6.45, 7) is 0.816. The molecule has 1 aliphatic heterocycles. The molecule has 0 radical (unpaired) electrons. The van der Waals surface area contributed by atoms with Gasteiger partial charge in [0.05, 0.1) is 0 Å². The summed E-state index contributed by atoms with van der Waals surface area (Å²) in [5.74, 6) is -3.30. The number of carbonyl (C=O) groups excluding carboxylic acids is 2. The number of benzene rings is 2. The first-order valence-corrected chi connectivity index (χ1v) is 10.8. The van der Waals surface area contributed by atoms with Crippen molar-refractivity contribution >= 4 is 18.0 Å². The Morgan fingerprint density at radius 3 is 2.21 bits per heavy atom. The molecule has 0 saturated carbocycles. The summed E-state index contributed by atoms with van der Waals surface area (Å²) in [4.78, 5) is 37.3. The van der Waals surface area contributed by atoms with E-state index in [0.717, 1.165) is 22.3 Å². The van der Waals surface area contributed by atoms with Gasteiger partial charge in [0.2, 0.25) is 6.04 Å². The van der Waals surface area contributed by atoms with Crippen LogP contribution >= 0.6 is 0 Å². The summed E-state index contributed by atoms with van der Waals surface area (Å²) in [5, 5.41) is 11.0. The number of rotatable bonds is 5. The van der Waals surface area contributed by atoms with E-state index >= 15 is 0 Å². The topological polar surface area (TPSA) is 95.9 Å². The number of carbonyl (C=O) groups is 3. The fourth-order valence-electron chi connectivity index (χ4n) is 4.74. The van der Waals surface area contributed by atoms with Crippen LogP contribution in [0, 0.1) is 0 Å². The quantitative estimate of drug-likeness (QED) is 0.682. The number of halogens is 3. The number of alkyl carbamates (subject to hydrolysis) is 1. The summed E-state index contributed by atoms with van der Waals surface area (Å²) < 4.78 is 46.3. The van der Waals surface area contributed by atoms with Gasteiger partial charge in [-0.1, -0.05) is 48.5 Å². The smallest absolute Gasteiger partial charge is 0.417 e. The molecular formula is C24H23F3N2O5. The minimum atomic E-state index is -5.13. The van der Waals surface area contributed by atoms with Crippen molar-refractivity contribution in [1.82, 2.24) is 10.2 Å². The first-order valence-electron chi connectivity index (χ1n) is 10.8. The van der Waals surface area contributed by atoms with Gasteiger partial charge in [-0.05, 0) is 42.0 Å². The van der Waals surface area contributed by atoms with Gasteiger partial charge < -0.3 is 20.1 Å². The van der Waals surface area contributed by atoms with Crippen LogP contribution in [0.15, 0.2) is 48.5 Å². The molecule has 7 nitrogen and oxygen atoms in total. The van der Waals surface area contributed by atoms with Gasteiger partial charge in [0, 0.05) is 12.5 Å². The van der Waals surface area contributed by atoms with Crippen LogP contribution in [0.5, 0.6) is 0 Å². The molecule has 1 unspecified atom stereocenters. The normalized spacial score (nSPS) is 20.4. The number of amides is 2. The molecule has 1 heterocycles. The second-order valence-corrected chi connectivity index (χ2v) is 8.62. The van der Waals surface area contributed by atoms with Crippen LogP contribution in [0.2, 0.25) is 0 Å². The number of alkyl halides is 3. The minimum Gasteiger partial charge on any atom is -0.480 e. The van der Waals surface area contributed by atoms with Crippen molar-refractivity contribution in [2.45, 2.75) is 43.4 Å². The summed E-state index contributed by atoms with van der Waals surface area (Å²) in [6, 6.07) is 12.0. The number of hydrogen-bond donors (Lipinski definition) is 2. The third-order valence-corrected chi connectivity index (χ3v) is 6.55.